The van der Waals surface area contributed by atoms with Crippen LogP contribution in [0.1, 0.15) is 102 Å². The Balaban J connectivity index is 1.16. The van der Waals surface area contributed by atoms with E-state index in [-0.39, 0.29) is 53.0 Å². The van der Waals surface area contributed by atoms with E-state index < -0.39 is 72.7 Å². The highest BCUT2D eigenvalue weighted by molar-refractivity contribution is 7.54. The van der Waals surface area contributed by atoms with Crippen LogP contribution in [-0.2, 0) is 57.5 Å². The van der Waals surface area contributed by atoms with Gasteiger partial charge in [-0.15, -0.1) is 11.3 Å². The van der Waals surface area contributed by atoms with Gasteiger partial charge in [0, 0.05) is 42.5 Å². The molecule has 0 spiro atoms. The van der Waals surface area contributed by atoms with Crippen molar-refractivity contribution in [2.24, 2.45) is 16.7 Å². The maximum Gasteiger partial charge on any atom is 0.410 e. The zero-order chi connectivity index (χ0) is 45.4. The number of alkyl halides is 2. The van der Waals surface area contributed by atoms with Crippen LogP contribution in [0.15, 0.2) is 24.3 Å². The standard InChI is InChI=1S/C42H57F2N4O12PS/c1-39(2,3)37(53)57-24-59-61(55,60-25-58-38(54)40(4,5)6)42(43,44)28-11-14-31-26(20-28)21-32(62-31)33(49)45-41(7)15-9-8-10-29-12-13-30(48(29)36(41)52)35(51)47-22-27(23-47)34(50)46-16-18-56-19-17-46/h11,14,20-21,27,29-30H,8-10,12-13,15-19,22-25H2,1-7H3,(H,45,49)/t29-,30-,41-/m0/s1. The Morgan fingerprint density at radius 3 is 2.08 bits per heavy atom. The monoisotopic (exact) mass is 910 g/mol. The molecule has 0 saturated carbocycles. The van der Waals surface area contributed by atoms with Crippen LogP contribution >= 0.6 is 18.9 Å². The normalized spacial score (nSPS) is 23.0. The maximum atomic E-state index is 16.3. The van der Waals surface area contributed by atoms with E-state index in [1.54, 1.807) is 21.6 Å². The van der Waals surface area contributed by atoms with Gasteiger partial charge < -0.3 is 34.2 Å². The topological polar surface area (TPSA) is 187 Å². The third kappa shape index (κ3) is 10.0. The van der Waals surface area contributed by atoms with Gasteiger partial charge in [-0.3, -0.25) is 42.4 Å². The SMILES string of the molecule is CC(C)(C)C(=O)OCOP(=O)(OCOC(=O)C(C)(C)C)C(F)(F)c1ccc2sc(C(=O)N[C@@]3(C)CCCC[C@H]4CC[C@@H](C(=O)N5CC(C(=O)N6CCOCC6)C5)N4C3=O)cc2c1. The summed E-state index contributed by atoms with van der Waals surface area (Å²) in [6.45, 7) is 11.0. The summed E-state index contributed by atoms with van der Waals surface area (Å²) in [4.78, 5) is 85.1. The Kier molecular flexibility index (Phi) is 13.9. The zero-order valence-corrected chi connectivity index (χ0v) is 38.0. The summed E-state index contributed by atoms with van der Waals surface area (Å²) in [5.74, 6) is -3.16. The number of rotatable bonds is 12. The number of hydrogen-bond acceptors (Lipinski definition) is 13. The smallest absolute Gasteiger partial charge is 0.410 e. The van der Waals surface area contributed by atoms with Gasteiger partial charge in [0.1, 0.15) is 11.6 Å². The Labute approximate surface area is 363 Å². The van der Waals surface area contributed by atoms with Crippen LogP contribution in [0.25, 0.3) is 10.1 Å². The van der Waals surface area contributed by atoms with Crippen molar-refractivity contribution in [1.82, 2.24) is 20.0 Å². The molecule has 6 rings (SSSR count). The van der Waals surface area contributed by atoms with E-state index in [0.717, 1.165) is 29.9 Å². The minimum atomic E-state index is -5.59. The number of ether oxygens (including phenoxy) is 3. The summed E-state index contributed by atoms with van der Waals surface area (Å²) < 4.78 is 72.2. The van der Waals surface area contributed by atoms with Crippen molar-refractivity contribution in [1.29, 1.82) is 0 Å². The lowest BCUT2D eigenvalue weighted by atomic mass is 9.88. The molecule has 3 atom stereocenters. The summed E-state index contributed by atoms with van der Waals surface area (Å²) in [6.07, 6.45) is 3.53. The lowest BCUT2D eigenvalue weighted by Gasteiger charge is -2.45. The molecule has 4 aliphatic rings. The van der Waals surface area contributed by atoms with Crippen LogP contribution in [0.4, 0.5) is 8.78 Å². The van der Waals surface area contributed by atoms with Gasteiger partial charge in [0.2, 0.25) is 31.3 Å². The second kappa shape index (κ2) is 18.2. The molecule has 0 bridgehead atoms. The van der Waals surface area contributed by atoms with Crippen LogP contribution in [0, 0.1) is 16.7 Å². The molecule has 16 nitrogen and oxygen atoms in total. The maximum absolute atomic E-state index is 16.3. The van der Waals surface area contributed by atoms with Gasteiger partial charge in [-0.25, -0.2) is 0 Å². The molecule has 62 heavy (non-hydrogen) atoms. The van der Waals surface area contributed by atoms with E-state index >= 15 is 8.78 Å². The number of amides is 4. The molecule has 0 unspecified atom stereocenters. The first-order chi connectivity index (χ1) is 28.9. The van der Waals surface area contributed by atoms with E-state index in [0.29, 0.717) is 63.1 Å². The van der Waals surface area contributed by atoms with Crippen molar-refractivity contribution in [3.05, 3.63) is 34.7 Å². The van der Waals surface area contributed by atoms with Crippen molar-refractivity contribution >= 4 is 64.6 Å². The van der Waals surface area contributed by atoms with Crippen molar-refractivity contribution < 1.29 is 65.4 Å². The molecule has 20 heteroatoms. The summed E-state index contributed by atoms with van der Waals surface area (Å²) >= 11 is 0.994. The molecule has 1 aromatic heterocycles. The molecular formula is C42H57F2N4O12PS. The minimum Gasteiger partial charge on any atom is -0.438 e. The first-order valence-corrected chi connectivity index (χ1v) is 23.3. The predicted molar refractivity (Wildman–Crippen MR) is 222 cm³/mol. The van der Waals surface area contributed by atoms with E-state index in [9.17, 15) is 33.3 Å². The molecule has 4 amide bonds. The van der Waals surface area contributed by atoms with E-state index in [1.807, 2.05) is 0 Å². The number of thiophene rings is 1. The number of morpholine rings is 1. The Hall–Kier alpha value is -4.03. The van der Waals surface area contributed by atoms with Crippen molar-refractivity contribution in [2.75, 3.05) is 53.0 Å². The average molecular weight is 911 g/mol. The summed E-state index contributed by atoms with van der Waals surface area (Å²) in [5.41, 5.74) is -8.65. The number of fused-ring (bicyclic) bond motifs is 2. The number of nitrogens with zero attached hydrogens (tertiary/aromatic N) is 3. The molecule has 4 fully saturated rings. The molecule has 5 heterocycles. The Morgan fingerprint density at radius 2 is 1.48 bits per heavy atom. The third-order valence-electron chi connectivity index (χ3n) is 11.7. The molecule has 342 valence electrons. The van der Waals surface area contributed by atoms with Crippen LogP contribution in [0.5, 0.6) is 0 Å². The number of benzene rings is 1. The highest BCUT2D eigenvalue weighted by atomic mass is 32.1. The van der Waals surface area contributed by atoms with Gasteiger partial charge >= 0.3 is 25.2 Å². The molecule has 2 aromatic rings. The molecule has 4 aliphatic heterocycles. The van der Waals surface area contributed by atoms with Gasteiger partial charge in [-0.2, -0.15) is 8.78 Å². The van der Waals surface area contributed by atoms with Gasteiger partial charge in [0.15, 0.2) is 0 Å². The molecule has 1 N–H and O–H groups in total. The first-order valence-electron chi connectivity index (χ1n) is 20.9. The highest BCUT2D eigenvalue weighted by Crippen LogP contribution is 2.67. The Bertz CT molecular complexity index is 2070. The van der Waals surface area contributed by atoms with Crippen LogP contribution in [0.3, 0.4) is 0 Å². The number of esters is 2. The van der Waals surface area contributed by atoms with Crippen LogP contribution in [0.2, 0.25) is 0 Å². The lowest BCUT2D eigenvalue weighted by Crippen LogP contribution is -2.65. The quantitative estimate of drug-likeness (QED) is 0.149. The number of nitrogens with one attached hydrogen (secondary N) is 1. The molecular weight excluding hydrogens is 854 g/mol. The second-order valence-electron chi connectivity index (χ2n) is 18.6. The van der Waals surface area contributed by atoms with Crippen molar-refractivity contribution in [3.63, 3.8) is 0 Å². The minimum absolute atomic E-state index is 0.000270. The van der Waals surface area contributed by atoms with E-state index in [2.05, 4.69) is 5.32 Å². The van der Waals surface area contributed by atoms with Gasteiger partial charge in [0.25, 0.3) is 5.91 Å². The van der Waals surface area contributed by atoms with Crippen LogP contribution < -0.4 is 5.32 Å². The lowest BCUT2D eigenvalue weighted by molar-refractivity contribution is -0.163. The van der Waals surface area contributed by atoms with Crippen molar-refractivity contribution in [2.45, 2.75) is 110 Å². The summed E-state index contributed by atoms with van der Waals surface area (Å²) in [5, 5.41) is 3.09. The Morgan fingerprint density at radius 1 is 0.871 bits per heavy atom. The third-order valence-corrected chi connectivity index (χ3v) is 14.6. The number of hydrogen-bond donors (Lipinski definition) is 1. The van der Waals surface area contributed by atoms with Gasteiger partial charge in [-0.1, -0.05) is 18.9 Å². The predicted octanol–water partition coefficient (Wildman–Crippen LogP) is 6.01. The molecule has 0 radical (unpaired) electrons. The number of carbonyl (C=O) groups excluding carboxylic acids is 6. The second-order valence-corrected chi connectivity index (χ2v) is 21.8. The number of halogens is 2. The number of likely N-dealkylation sites (tertiary alicyclic amines) is 1. The zero-order valence-electron chi connectivity index (χ0n) is 36.3. The fourth-order valence-corrected chi connectivity index (χ4v) is 10.1. The summed E-state index contributed by atoms with van der Waals surface area (Å²) in [7, 11) is -5.59. The largest absolute Gasteiger partial charge is 0.438 e. The fraction of sp³-hybridized carbons (Fsp3) is 0.667. The molecule has 1 aromatic carbocycles. The first kappa shape index (κ1) is 47.4. The van der Waals surface area contributed by atoms with Crippen LogP contribution in [-0.4, -0.2) is 121 Å². The van der Waals surface area contributed by atoms with Crippen molar-refractivity contribution in [3.8, 4) is 0 Å². The van der Waals surface area contributed by atoms with E-state index in [4.69, 9.17) is 23.3 Å². The molecule has 0 aliphatic carbocycles. The summed E-state index contributed by atoms with van der Waals surface area (Å²) in [6, 6.07) is 3.78. The fourth-order valence-electron chi connectivity index (χ4n) is 7.89. The van der Waals surface area contributed by atoms with Gasteiger partial charge in [0.05, 0.1) is 34.8 Å². The van der Waals surface area contributed by atoms with E-state index in [1.165, 1.54) is 53.7 Å². The molecule has 4 saturated heterocycles. The van der Waals surface area contributed by atoms with Gasteiger partial charge in [-0.05, 0) is 97.7 Å². The highest BCUT2D eigenvalue weighted by Gasteiger charge is 2.56. The average Bonchev–Trinajstić information content (AvgIpc) is 3.82. The number of carbonyl (C=O) groups is 6.